The Morgan fingerprint density at radius 3 is 2.31 bits per heavy atom. The molecule has 0 atom stereocenters. The normalized spacial score (nSPS) is 10.9. The topological polar surface area (TPSA) is 56.5 Å². The minimum absolute atomic E-state index is 0.00570. The Labute approximate surface area is 172 Å². The Hall–Kier alpha value is -3.37. The second-order valence-corrected chi connectivity index (χ2v) is 7.14. The number of ketones is 1. The van der Waals surface area contributed by atoms with E-state index in [1.165, 1.54) is 0 Å². The van der Waals surface area contributed by atoms with Gasteiger partial charge in [-0.25, -0.2) is 0 Å². The van der Waals surface area contributed by atoms with E-state index >= 15 is 0 Å². The molecule has 4 rings (SSSR count). The summed E-state index contributed by atoms with van der Waals surface area (Å²) in [6.07, 6.45) is 0. The van der Waals surface area contributed by atoms with Gasteiger partial charge in [0.1, 0.15) is 22.7 Å². The van der Waals surface area contributed by atoms with Crippen LogP contribution in [-0.4, -0.2) is 12.9 Å². The summed E-state index contributed by atoms with van der Waals surface area (Å²) in [7, 11) is 1.57. The van der Waals surface area contributed by atoms with Crippen molar-refractivity contribution in [3.63, 3.8) is 0 Å². The van der Waals surface area contributed by atoms with Crippen LogP contribution >= 0.6 is 11.6 Å². The molecule has 3 aromatic carbocycles. The smallest absolute Gasteiger partial charge is 0.204 e. The van der Waals surface area contributed by atoms with Crippen LogP contribution in [0.1, 0.15) is 21.5 Å². The molecule has 0 unspecified atom stereocenters. The molecule has 0 aliphatic carbocycles. The van der Waals surface area contributed by atoms with Crippen molar-refractivity contribution >= 4 is 28.4 Å². The highest BCUT2D eigenvalue weighted by Crippen LogP contribution is 2.29. The number of hydrogen-bond donors (Lipinski definition) is 0. The fourth-order valence-electron chi connectivity index (χ4n) is 3.20. The van der Waals surface area contributed by atoms with Crippen molar-refractivity contribution < 1.29 is 13.9 Å². The Morgan fingerprint density at radius 1 is 0.966 bits per heavy atom. The van der Waals surface area contributed by atoms with Gasteiger partial charge in [-0.2, -0.15) is 0 Å². The summed E-state index contributed by atoms with van der Waals surface area (Å²) in [5.41, 5.74) is 2.00. The highest BCUT2D eigenvalue weighted by atomic mass is 35.5. The van der Waals surface area contributed by atoms with Gasteiger partial charge < -0.3 is 9.15 Å². The third-order valence-corrected chi connectivity index (χ3v) is 4.99. The van der Waals surface area contributed by atoms with Gasteiger partial charge in [0, 0.05) is 16.1 Å². The van der Waals surface area contributed by atoms with Crippen molar-refractivity contribution in [2.45, 2.75) is 6.92 Å². The molecular formula is C24H17ClO4. The van der Waals surface area contributed by atoms with Crippen molar-refractivity contribution in [2.24, 2.45) is 0 Å². The van der Waals surface area contributed by atoms with Gasteiger partial charge in [-0.15, -0.1) is 0 Å². The van der Waals surface area contributed by atoms with Gasteiger partial charge in [0.2, 0.25) is 11.2 Å². The first kappa shape index (κ1) is 19.0. The van der Waals surface area contributed by atoms with E-state index in [1.54, 1.807) is 67.8 Å². The average molecular weight is 405 g/mol. The molecule has 0 amide bonds. The van der Waals surface area contributed by atoms with Crippen molar-refractivity contribution in [3.05, 3.63) is 98.7 Å². The average Bonchev–Trinajstić information content (AvgIpc) is 2.73. The molecule has 0 bridgehead atoms. The SMILES string of the molecule is COc1ccc(-c2oc3cc(C)ccc3c(=O)c2C(=O)c2ccc(Cl)cc2)cc1. The predicted octanol–water partition coefficient (Wildman–Crippen LogP) is 5.66. The molecule has 0 N–H and O–H groups in total. The first-order valence-corrected chi connectivity index (χ1v) is 9.38. The first-order chi connectivity index (χ1) is 14.0. The van der Waals surface area contributed by atoms with Gasteiger partial charge in [0.25, 0.3) is 0 Å². The largest absolute Gasteiger partial charge is 0.497 e. The standard InChI is InChI=1S/C24H17ClO4/c1-14-3-12-19-20(13-14)29-24(16-6-10-18(28-2)11-7-16)21(23(19)27)22(26)15-4-8-17(25)9-5-15/h3-13H,1-2H3. The molecule has 0 spiro atoms. The summed E-state index contributed by atoms with van der Waals surface area (Å²) in [5, 5.41) is 0.878. The number of ether oxygens (including phenoxy) is 1. The lowest BCUT2D eigenvalue weighted by Gasteiger charge is -2.11. The number of carbonyl (C=O) groups excluding carboxylic acids is 1. The van der Waals surface area contributed by atoms with Gasteiger partial charge >= 0.3 is 0 Å². The molecule has 1 heterocycles. The third-order valence-electron chi connectivity index (χ3n) is 4.73. The molecule has 0 aliphatic heterocycles. The number of aryl methyl sites for hydroxylation is 1. The quantitative estimate of drug-likeness (QED) is 0.412. The third kappa shape index (κ3) is 3.55. The summed E-state index contributed by atoms with van der Waals surface area (Å²) in [4.78, 5) is 26.6. The summed E-state index contributed by atoms with van der Waals surface area (Å²) in [5.74, 6) is 0.484. The molecule has 1 aromatic heterocycles. The Balaban J connectivity index is 2.00. The van der Waals surface area contributed by atoms with Crippen LogP contribution in [0, 0.1) is 6.92 Å². The summed E-state index contributed by atoms with van der Waals surface area (Å²) < 4.78 is 11.3. The predicted molar refractivity (Wildman–Crippen MR) is 114 cm³/mol. The van der Waals surface area contributed by atoms with Crippen LogP contribution in [0.4, 0.5) is 0 Å². The van der Waals surface area contributed by atoms with Crippen LogP contribution in [0.5, 0.6) is 5.75 Å². The Morgan fingerprint density at radius 2 is 1.66 bits per heavy atom. The zero-order valence-electron chi connectivity index (χ0n) is 15.9. The van der Waals surface area contributed by atoms with Gasteiger partial charge in [-0.3, -0.25) is 9.59 Å². The number of halogens is 1. The lowest BCUT2D eigenvalue weighted by molar-refractivity contribution is 0.103. The molecular weight excluding hydrogens is 388 g/mol. The van der Waals surface area contributed by atoms with Crippen molar-refractivity contribution in [1.82, 2.24) is 0 Å². The molecule has 0 aliphatic rings. The second-order valence-electron chi connectivity index (χ2n) is 6.70. The van der Waals surface area contributed by atoms with E-state index in [1.807, 2.05) is 13.0 Å². The van der Waals surface area contributed by atoms with E-state index in [0.29, 0.717) is 32.9 Å². The number of hydrogen-bond acceptors (Lipinski definition) is 4. The van der Waals surface area contributed by atoms with Crippen LogP contribution in [0.3, 0.4) is 0 Å². The number of rotatable bonds is 4. The molecule has 0 saturated heterocycles. The van der Waals surface area contributed by atoms with E-state index in [0.717, 1.165) is 5.56 Å². The summed E-state index contributed by atoms with van der Waals surface area (Å²) in [6, 6.07) is 18.8. The van der Waals surface area contributed by atoms with Crippen molar-refractivity contribution in [1.29, 1.82) is 0 Å². The number of carbonyl (C=O) groups is 1. The van der Waals surface area contributed by atoms with Crippen LogP contribution in [0.15, 0.2) is 75.9 Å². The maximum Gasteiger partial charge on any atom is 0.204 e. The van der Waals surface area contributed by atoms with E-state index in [2.05, 4.69) is 0 Å². The highest BCUT2D eigenvalue weighted by Gasteiger charge is 2.23. The number of methoxy groups -OCH3 is 1. The minimum atomic E-state index is -0.413. The fourth-order valence-corrected chi connectivity index (χ4v) is 3.32. The lowest BCUT2D eigenvalue weighted by Crippen LogP contribution is -2.18. The van der Waals surface area contributed by atoms with E-state index < -0.39 is 5.78 Å². The monoisotopic (exact) mass is 404 g/mol. The highest BCUT2D eigenvalue weighted by molar-refractivity contribution is 6.30. The number of fused-ring (bicyclic) bond motifs is 1. The molecule has 0 radical (unpaired) electrons. The van der Waals surface area contributed by atoms with Gasteiger partial charge in [-0.05, 0) is 73.2 Å². The molecule has 144 valence electrons. The molecule has 0 saturated carbocycles. The Bertz CT molecular complexity index is 1270. The summed E-state index contributed by atoms with van der Waals surface area (Å²) >= 11 is 5.94. The van der Waals surface area contributed by atoms with Gasteiger partial charge in [0.05, 0.1) is 12.5 Å². The molecule has 4 aromatic rings. The maximum atomic E-state index is 13.3. The van der Waals surface area contributed by atoms with E-state index in [4.69, 9.17) is 20.8 Å². The maximum absolute atomic E-state index is 13.3. The first-order valence-electron chi connectivity index (χ1n) is 9.00. The molecule has 0 fully saturated rings. The van der Waals surface area contributed by atoms with Crippen LogP contribution in [-0.2, 0) is 0 Å². The fraction of sp³-hybridized carbons (Fsp3) is 0.0833. The molecule has 5 heteroatoms. The number of benzene rings is 3. The zero-order valence-corrected chi connectivity index (χ0v) is 16.6. The van der Waals surface area contributed by atoms with Crippen LogP contribution in [0.25, 0.3) is 22.3 Å². The zero-order chi connectivity index (χ0) is 20.5. The second kappa shape index (κ2) is 7.57. The van der Waals surface area contributed by atoms with Crippen LogP contribution in [0.2, 0.25) is 5.02 Å². The van der Waals surface area contributed by atoms with Crippen molar-refractivity contribution in [3.8, 4) is 17.1 Å². The van der Waals surface area contributed by atoms with Crippen LogP contribution < -0.4 is 10.2 Å². The van der Waals surface area contributed by atoms with Crippen molar-refractivity contribution in [2.75, 3.05) is 7.11 Å². The lowest BCUT2D eigenvalue weighted by atomic mass is 9.97. The van der Waals surface area contributed by atoms with Gasteiger partial charge in [-0.1, -0.05) is 17.7 Å². The van der Waals surface area contributed by atoms with Gasteiger partial charge in [0.15, 0.2) is 0 Å². The Kier molecular flexibility index (Phi) is 4.95. The molecule has 29 heavy (non-hydrogen) atoms. The summed E-state index contributed by atoms with van der Waals surface area (Å²) in [6.45, 7) is 1.92. The van der Waals surface area contributed by atoms with E-state index in [9.17, 15) is 9.59 Å². The minimum Gasteiger partial charge on any atom is -0.497 e. The molecule has 4 nitrogen and oxygen atoms in total. The van der Waals surface area contributed by atoms with E-state index in [-0.39, 0.29) is 16.8 Å².